The first kappa shape index (κ1) is 17.5. The van der Waals surface area contributed by atoms with E-state index in [2.05, 4.69) is 5.32 Å². The van der Waals surface area contributed by atoms with E-state index in [1.165, 1.54) is 11.3 Å². The molecule has 8 heteroatoms. The van der Waals surface area contributed by atoms with Crippen LogP contribution in [0.15, 0.2) is 29.6 Å². The summed E-state index contributed by atoms with van der Waals surface area (Å²) < 4.78 is 0.609. The van der Waals surface area contributed by atoms with Crippen molar-refractivity contribution in [2.45, 2.75) is 6.61 Å². The summed E-state index contributed by atoms with van der Waals surface area (Å²) in [6.07, 6.45) is 0. The van der Waals surface area contributed by atoms with Crippen molar-refractivity contribution in [3.05, 3.63) is 45.1 Å². The number of guanidine groups is 1. The van der Waals surface area contributed by atoms with Crippen LogP contribution in [-0.4, -0.2) is 17.0 Å². The van der Waals surface area contributed by atoms with Crippen LogP contribution in [0, 0.1) is 5.41 Å². The van der Waals surface area contributed by atoms with Crippen LogP contribution in [0.2, 0.25) is 4.34 Å². The van der Waals surface area contributed by atoms with Crippen LogP contribution in [0.3, 0.4) is 0 Å². The lowest BCUT2D eigenvalue weighted by molar-refractivity contribution is 0.0976. The third-order valence-corrected chi connectivity index (χ3v) is 3.78. The smallest absolute Gasteiger partial charge is 0.257 e. The first-order valence-electron chi connectivity index (χ1n) is 5.65. The summed E-state index contributed by atoms with van der Waals surface area (Å²) in [5.74, 6) is -0.931. The largest absolute Gasteiger partial charge is 0.392 e. The Bertz CT molecular complexity index is 673. The van der Waals surface area contributed by atoms with Crippen LogP contribution in [0.1, 0.15) is 15.9 Å². The minimum Gasteiger partial charge on any atom is -0.392 e. The van der Waals surface area contributed by atoms with E-state index in [0.29, 0.717) is 15.5 Å². The molecule has 0 atom stereocenters. The van der Waals surface area contributed by atoms with Crippen LogP contribution in [-0.2, 0) is 6.61 Å². The first-order chi connectivity index (χ1) is 9.51. The van der Waals surface area contributed by atoms with Crippen molar-refractivity contribution in [3.63, 3.8) is 0 Å². The zero-order chi connectivity index (χ0) is 14.7. The number of carbonyl (C=O) groups excluding carboxylic acids is 1. The summed E-state index contributed by atoms with van der Waals surface area (Å²) in [4.78, 5) is 11.9. The Kier molecular flexibility index (Phi) is 6.17. The number of nitrogens with one attached hydrogen (secondary N) is 2. The van der Waals surface area contributed by atoms with Gasteiger partial charge in [0, 0.05) is 11.1 Å². The number of halogens is 2. The van der Waals surface area contributed by atoms with Gasteiger partial charge < -0.3 is 10.8 Å². The Labute approximate surface area is 136 Å². The molecule has 5 N–H and O–H groups in total. The highest BCUT2D eigenvalue weighted by molar-refractivity contribution is 7.15. The zero-order valence-electron chi connectivity index (χ0n) is 10.7. The summed E-state index contributed by atoms with van der Waals surface area (Å²) in [5.41, 5.74) is 7.56. The molecule has 0 aliphatic carbocycles. The molecule has 21 heavy (non-hydrogen) atoms. The van der Waals surface area contributed by atoms with Gasteiger partial charge in [0.25, 0.3) is 5.91 Å². The van der Waals surface area contributed by atoms with Crippen LogP contribution in [0.4, 0.5) is 0 Å². The molecule has 5 nitrogen and oxygen atoms in total. The standard InChI is InChI=1S/C13H12ClN3O2S.ClH/c14-11-10(1-2-20-11)8-3-7(6-18)4-9(5-8)12(19)17-13(15)16;/h1-5,18H,6H2,(H4,15,16,17,19);1H. The fourth-order valence-corrected chi connectivity index (χ4v) is 2.73. The maximum absolute atomic E-state index is 11.9. The number of aliphatic hydroxyl groups excluding tert-OH is 1. The molecule has 0 radical (unpaired) electrons. The average molecular weight is 346 g/mol. The molecule has 1 heterocycles. The second-order valence-corrected chi connectivity index (χ2v) is 5.57. The number of hydrogen-bond donors (Lipinski definition) is 4. The van der Waals surface area contributed by atoms with Gasteiger partial charge in [-0.1, -0.05) is 11.6 Å². The lowest BCUT2D eigenvalue weighted by Crippen LogP contribution is -2.35. The summed E-state index contributed by atoms with van der Waals surface area (Å²) in [5, 5.41) is 20.4. The predicted molar refractivity (Wildman–Crippen MR) is 87.3 cm³/mol. The number of nitrogens with two attached hydrogens (primary N) is 1. The lowest BCUT2D eigenvalue weighted by Gasteiger charge is -2.08. The van der Waals surface area contributed by atoms with Gasteiger partial charge in [-0.25, -0.2) is 0 Å². The van der Waals surface area contributed by atoms with Gasteiger partial charge in [-0.15, -0.1) is 23.7 Å². The fourth-order valence-electron chi connectivity index (χ4n) is 1.76. The Morgan fingerprint density at radius 2 is 2.14 bits per heavy atom. The highest BCUT2D eigenvalue weighted by Gasteiger charge is 2.12. The normalized spacial score (nSPS) is 9.81. The van der Waals surface area contributed by atoms with Gasteiger partial charge in [0.15, 0.2) is 5.96 Å². The SMILES string of the molecule is Cl.N=C(N)NC(=O)c1cc(CO)cc(-c2ccsc2Cl)c1. The lowest BCUT2D eigenvalue weighted by atomic mass is 10.0. The van der Waals surface area contributed by atoms with E-state index in [1.807, 2.05) is 11.4 Å². The Morgan fingerprint density at radius 1 is 1.43 bits per heavy atom. The molecule has 0 bridgehead atoms. The number of thiophene rings is 1. The minimum atomic E-state index is -0.500. The number of benzene rings is 1. The summed E-state index contributed by atoms with van der Waals surface area (Å²) >= 11 is 7.47. The zero-order valence-corrected chi connectivity index (χ0v) is 13.1. The quantitative estimate of drug-likeness (QED) is 0.508. The summed E-state index contributed by atoms with van der Waals surface area (Å²) in [6, 6.07) is 6.79. The van der Waals surface area contributed by atoms with Crippen molar-refractivity contribution < 1.29 is 9.90 Å². The first-order valence-corrected chi connectivity index (χ1v) is 6.90. The van der Waals surface area contributed by atoms with Crippen LogP contribution in [0.5, 0.6) is 0 Å². The number of hydrogen-bond acceptors (Lipinski definition) is 4. The van der Waals surface area contributed by atoms with Gasteiger partial charge in [0.2, 0.25) is 0 Å². The van der Waals surface area contributed by atoms with Crippen molar-refractivity contribution >= 4 is 47.2 Å². The average Bonchev–Trinajstić information content (AvgIpc) is 2.83. The molecule has 2 rings (SSSR count). The van der Waals surface area contributed by atoms with Crippen molar-refractivity contribution in [2.24, 2.45) is 5.73 Å². The van der Waals surface area contributed by atoms with E-state index >= 15 is 0 Å². The number of aliphatic hydroxyl groups is 1. The fraction of sp³-hybridized carbons (Fsp3) is 0.0769. The molecule has 0 saturated carbocycles. The van der Waals surface area contributed by atoms with E-state index in [9.17, 15) is 9.90 Å². The van der Waals surface area contributed by atoms with Gasteiger partial charge in [0.05, 0.1) is 6.61 Å². The molecule has 2 aromatic rings. The second kappa shape index (κ2) is 7.42. The van der Waals surface area contributed by atoms with Gasteiger partial charge in [0.1, 0.15) is 4.34 Å². The molecule has 0 spiro atoms. The second-order valence-electron chi connectivity index (χ2n) is 4.05. The summed E-state index contributed by atoms with van der Waals surface area (Å²) in [6.45, 7) is -0.198. The molecule has 0 unspecified atom stereocenters. The Balaban J connectivity index is 0.00000220. The molecule has 1 aromatic heterocycles. The topological polar surface area (TPSA) is 99.2 Å². The third kappa shape index (κ3) is 4.18. The molecular weight excluding hydrogens is 333 g/mol. The summed E-state index contributed by atoms with van der Waals surface area (Å²) in [7, 11) is 0. The van der Waals surface area contributed by atoms with Gasteiger partial charge in [-0.3, -0.25) is 15.5 Å². The van der Waals surface area contributed by atoms with Crippen molar-refractivity contribution in [2.75, 3.05) is 0 Å². The maximum atomic E-state index is 11.9. The Hall–Kier alpha value is -1.60. The van der Waals surface area contributed by atoms with Crippen LogP contribution < -0.4 is 11.1 Å². The van der Waals surface area contributed by atoms with Gasteiger partial charge >= 0.3 is 0 Å². The van der Waals surface area contributed by atoms with Crippen molar-refractivity contribution in [3.8, 4) is 11.1 Å². The Morgan fingerprint density at radius 3 is 2.67 bits per heavy atom. The molecule has 0 fully saturated rings. The van der Waals surface area contributed by atoms with Crippen molar-refractivity contribution in [1.82, 2.24) is 5.32 Å². The molecule has 112 valence electrons. The number of amides is 1. The highest BCUT2D eigenvalue weighted by Crippen LogP contribution is 2.33. The molecule has 0 saturated heterocycles. The monoisotopic (exact) mass is 345 g/mol. The van der Waals surface area contributed by atoms with E-state index in [4.69, 9.17) is 22.7 Å². The maximum Gasteiger partial charge on any atom is 0.257 e. The molecule has 1 amide bonds. The third-order valence-electron chi connectivity index (χ3n) is 2.61. The van der Waals surface area contributed by atoms with Gasteiger partial charge in [-0.05, 0) is 40.8 Å². The molecular formula is C13H13Cl2N3O2S. The van der Waals surface area contributed by atoms with E-state index in [1.54, 1.807) is 18.2 Å². The molecule has 1 aromatic carbocycles. The van der Waals surface area contributed by atoms with E-state index < -0.39 is 11.9 Å². The number of rotatable bonds is 3. The van der Waals surface area contributed by atoms with E-state index in [0.717, 1.165) is 11.1 Å². The van der Waals surface area contributed by atoms with Gasteiger partial charge in [-0.2, -0.15) is 0 Å². The molecule has 0 aliphatic rings. The predicted octanol–water partition coefficient (Wildman–Crippen LogP) is 2.61. The van der Waals surface area contributed by atoms with Crippen LogP contribution in [0.25, 0.3) is 11.1 Å². The van der Waals surface area contributed by atoms with E-state index in [-0.39, 0.29) is 19.0 Å². The number of carbonyl (C=O) groups is 1. The van der Waals surface area contributed by atoms with Crippen LogP contribution >= 0.6 is 35.3 Å². The minimum absolute atomic E-state index is 0. The molecule has 0 aliphatic heterocycles. The highest BCUT2D eigenvalue weighted by atomic mass is 35.5. The van der Waals surface area contributed by atoms with Crippen molar-refractivity contribution in [1.29, 1.82) is 5.41 Å².